The Labute approximate surface area is 166 Å². The molecule has 1 atom stereocenters. The van der Waals surface area contributed by atoms with E-state index in [1.54, 1.807) is 13.4 Å². The number of anilines is 1. The van der Waals surface area contributed by atoms with Crippen LogP contribution in [-0.4, -0.2) is 60.2 Å². The lowest BCUT2D eigenvalue weighted by molar-refractivity contribution is -0.138. The molecule has 1 aromatic carbocycles. The molecule has 2 aliphatic rings. The highest BCUT2D eigenvalue weighted by molar-refractivity contribution is 5.89. The first-order valence-electron chi connectivity index (χ1n) is 10.5. The highest BCUT2D eigenvalue weighted by Crippen LogP contribution is 2.33. The second-order valence-electron chi connectivity index (χ2n) is 7.98. The molecule has 2 aliphatic heterocycles. The van der Waals surface area contributed by atoms with Gasteiger partial charge < -0.3 is 14.5 Å². The molecular weight excluding hydrogens is 352 g/mol. The molecule has 4 rings (SSSR count). The van der Waals surface area contributed by atoms with Crippen molar-refractivity contribution in [1.29, 1.82) is 0 Å². The number of para-hydroxylation sites is 1. The predicted octanol–water partition coefficient (Wildman–Crippen LogP) is 3.26. The van der Waals surface area contributed by atoms with Gasteiger partial charge in [0.1, 0.15) is 18.8 Å². The minimum absolute atomic E-state index is 0.152. The van der Waals surface area contributed by atoms with Gasteiger partial charge in [0.25, 0.3) is 0 Å². The van der Waals surface area contributed by atoms with Crippen molar-refractivity contribution in [3.05, 3.63) is 30.6 Å². The summed E-state index contributed by atoms with van der Waals surface area (Å²) < 4.78 is 5.14. The van der Waals surface area contributed by atoms with Crippen LogP contribution in [0.25, 0.3) is 10.9 Å². The summed E-state index contributed by atoms with van der Waals surface area (Å²) in [6, 6.07) is 8.57. The number of amides is 1. The maximum Gasteiger partial charge on any atom is 0.248 e. The minimum Gasteiger partial charge on any atom is -0.375 e. The summed E-state index contributed by atoms with van der Waals surface area (Å²) in [5, 5.41) is 1.12. The lowest BCUT2D eigenvalue weighted by Gasteiger charge is -2.41. The van der Waals surface area contributed by atoms with Gasteiger partial charge in [-0.15, -0.1) is 0 Å². The number of nitrogens with zero attached hydrogens (tertiary/aromatic N) is 4. The Balaban J connectivity index is 1.47. The van der Waals surface area contributed by atoms with Crippen LogP contribution in [0.5, 0.6) is 0 Å². The molecule has 2 aromatic rings. The fraction of sp³-hybridized carbons (Fsp3) is 0.591. The molecular formula is C22H30N4O2. The molecule has 1 amide bonds. The van der Waals surface area contributed by atoms with Crippen LogP contribution < -0.4 is 4.90 Å². The van der Waals surface area contributed by atoms with E-state index in [1.807, 2.05) is 18.2 Å². The van der Waals surface area contributed by atoms with Crippen molar-refractivity contribution in [2.45, 2.75) is 44.6 Å². The molecule has 6 nitrogen and oxygen atoms in total. The number of carbonyl (C=O) groups is 1. The SMILES string of the molecule is COCC(=O)N1CCCCCC1C1CCN(c2ncnc3ccccc23)CC1. The monoisotopic (exact) mass is 382 g/mol. The van der Waals surface area contributed by atoms with E-state index in [2.05, 4.69) is 25.8 Å². The number of benzene rings is 1. The molecule has 1 aromatic heterocycles. The Bertz CT molecular complexity index is 799. The molecule has 150 valence electrons. The molecule has 0 bridgehead atoms. The zero-order chi connectivity index (χ0) is 19.3. The molecule has 0 N–H and O–H groups in total. The number of fused-ring (bicyclic) bond motifs is 1. The Morgan fingerprint density at radius 3 is 2.71 bits per heavy atom. The van der Waals surface area contributed by atoms with E-state index in [9.17, 15) is 4.79 Å². The normalized spacial score (nSPS) is 21.7. The number of rotatable bonds is 4. The van der Waals surface area contributed by atoms with Gasteiger partial charge in [0.2, 0.25) is 5.91 Å². The van der Waals surface area contributed by atoms with Gasteiger partial charge in [0, 0.05) is 38.2 Å². The van der Waals surface area contributed by atoms with Crippen molar-refractivity contribution >= 4 is 22.6 Å². The predicted molar refractivity (Wildman–Crippen MR) is 110 cm³/mol. The molecule has 1 unspecified atom stereocenters. The van der Waals surface area contributed by atoms with E-state index < -0.39 is 0 Å². The van der Waals surface area contributed by atoms with Crippen molar-refractivity contribution < 1.29 is 9.53 Å². The summed E-state index contributed by atoms with van der Waals surface area (Å²) in [6.07, 6.45) is 8.53. The largest absolute Gasteiger partial charge is 0.375 e. The summed E-state index contributed by atoms with van der Waals surface area (Å²) >= 11 is 0. The van der Waals surface area contributed by atoms with Crippen molar-refractivity contribution in [1.82, 2.24) is 14.9 Å². The fourth-order valence-electron chi connectivity index (χ4n) is 4.88. The lowest BCUT2D eigenvalue weighted by atomic mass is 9.86. The van der Waals surface area contributed by atoms with Gasteiger partial charge in [-0.2, -0.15) is 0 Å². The number of methoxy groups -OCH3 is 1. The first kappa shape index (κ1) is 19.1. The Kier molecular flexibility index (Phi) is 6.05. The maximum absolute atomic E-state index is 12.6. The quantitative estimate of drug-likeness (QED) is 0.812. The molecule has 2 saturated heterocycles. The van der Waals surface area contributed by atoms with Crippen molar-refractivity contribution in [2.75, 3.05) is 38.3 Å². The number of likely N-dealkylation sites (tertiary alicyclic amines) is 1. The third-order valence-electron chi connectivity index (χ3n) is 6.29. The summed E-state index contributed by atoms with van der Waals surface area (Å²) in [6.45, 7) is 3.04. The summed E-state index contributed by atoms with van der Waals surface area (Å²) in [5.74, 6) is 1.75. The van der Waals surface area contributed by atoms with Crippen LogP contribution in [0, 0.1) is 5.92 Å². The molecule has 0 radical (unpaired) electrons. The van der Waals surface area contributed by atoms with Crippen molar-refractivity contribution in [2.24, 2.45) is 5.92 Å². The molecule has 0 saturated carbocycles. The van der Waals surface area contributed by atoms with Crippen LogP contribution in [-0.2, 0) is 9.53 Å². The standard InChI is InChI=1S/C22H30N4O2/c1-28-15-21(27)26-12-6-2-3-9-20(26)17-10-13-25(14-11-17)22-18-7-4-5-8-19(18)23-16-24-22/h4-5,7-8,16-17,20H,2-3,6,9-15H2,1H3. The number of aromatic nitrogens is 2. The topological polar surface area (TPSA) is 58.6 Å². The van der Waals surface area contributed by atoms with Gasteiger partial charge in [-0.25, -0.2) is 9.97 Å². The van der Waals surface area contributed by atoms with Gasteiger partial charge in [0.05, 0.1) is 5.52 Å². The van der Waals surface area contributed by atoms with Crippen LogP contribution >= 0.6 is 0 Å². The van der Waals surface area contributed by atoms with E-state index in [-0.39, 0.29) is 12.5 Å². The van der Waals surface area contributed by atoms with Gasteiger partial charge in [-0.05, 0) is 43.7 Å². The summed E-state index contributed by atoms with van der Waals surface area (Å²) in [7, 11) is 1.61. The number of ether oxygens (including phenoxy) is 1. The van der Waals surface area contributed by atoms with Gasteiger partial charge in [-0.1, -0.05) is 25.0 Å². The molecule has 0 spiro atoms. The van der Waals surface area contributed by atoms with E-state index >= 15 is 0 Å². The van der Waals surface area contributed by atoms with Crippen LogP contribution in [0.15, 0.2) is 30.6 Å². The van der Waals surface area contributed by atoms with Crippen molar-refractivity contribution in [3.8, 4) is 0 Å². The molecule has 3 heterocycles. The first-order chi connectivity index (χ1) is 13.8. The summed E-state index contributed by atoms with van der Waals surface area (Å²) in [4.78, 5) is 26.1. The fourth-order valence-corrected chi connectivity index (χ4v) is 4.88. The van der Waals surface area contributed by atoms with Crippen LogP contribution in [0.1, 0.15) is 38.5 Å². The number of hydrogen-bond acceptors (Lipinski definition) is 5. The number of carbonyl (C=O) groups excluding carboxylic acids is 1. The van der Waals surface area contributed by atoms with Gasteiger partial charge >= 0.3 is 0 Å². The first-order valence-corrected chi connectivity index (χ1v) is 10.5. The van der Waals surface area contributed by atoms with Crippen molar-refractivity contribution in [3.63, 3.8) is 0 Å². The number of piperidine rings is 1. The Morgan fingerprint density at radius 1 is 1.07 bits per heavy atom. The average molecular weight is 383 g/mol. The second kappa shape index (κ2) is 8.86. The van der Waals surface area contributed by atoms with E-state index in [0.29, 0.717) is 12.0 Å². The van der Waals surface area contributed by atoms with E-state index in [0.717, 1.165) is 62.0 Å². The smallest absolute Gasteiger partial charge is 0.248 e. The van der Waals surface area contributed by atoms with Crippen LogP contribution in [0.4, 0.5) is 5.82 Å². The molecule has 0 aliphatic carbocycles. The molecule has 28 heavy (non-hydrogen) atoms. The third kappa shape index (κ3) is 3.97. The van der Waals surface area contributed by atoms with Crippen LogP contribution in [0.3, 0.4) is 0 Å². The van der Waals surface area contributed by atoms with Gasteiger partial charge in [-0.3, -0.25) is 4.79 Å². The summed E-state index contributed by atoms with van der Waals surface area (Å²) in [5.41, 5.74) is 0.995. The van der Waals surface area contributed by atoms with E-state index in [1.165, 1.54) is 12.8 Å². The van der Waals surface area contributed by atoms with Gasteiger partial charge in [0.15, 0.2) is 0 Å². The zero-order valence-electron chi connectivity index (χ0n) is 16.7. The molecule has 2 fully saturated rings. The zero-order valence-corrected chi connectivity index (χ0v) is 16.7. The number of hydrogen-bond donors (Lipinski definition) is 0. The lowest BCUT2D eigenvalue weighted by Crippen LogP contribution is -2.49. The third-order valence-corrected chi connectivity index (χ3v) is 6.29. The highest BCUT2D eigenvalue weighted by Gasteiger charge is 2.34. The van der Waals surface area contributed by atoms with E-state index in [4.69, 9.17) is 4.74 Å². The highest BCUT2D eigenvalue weighted by atomic mass is 16.5. The van der Waals surface area contributed by atoms with Crippen LogP contribution in [0.2, 0.25) is 0 Å². The minimum atomic E-state index is 0.152. The maximum atomic E-state index is 12.6. The average Bonchev–Trinajstić information content (AvgIpc) is 3.00. The Hall–Kier alpha value is -2.21. The Morgan fingerprint density at radius 2 is 1.89 bits per heavy atom. The second-order valence-corrected chi connectivity index (χ2v) is 7.98. The molecule has 6 heteroatoms.